The summed E-state index contributed by atoms with van der Waals surface area (Å²) in [5.74, 6) is -0.562. The lowest BCUT2D eigenvalue weighted by molar-refractivity contribution is -0.137. The number of morpholine rings is 1. The lowest BCUT2D eigenvalue weighted by atomic mass is 10.2. The molecule has 25 heavy (non-hydrogen) atoms. The van der Waals surface area contributed by atoms with E-state index in [2.05, 4.69) is 15.2 Å². The molecule has 0 aliphatic carbocycles. The number of hydrogen-bond donors (Lipinski definition) is 1. The number of anilines is 2. The number of carbonyl (C=O) groups excluding carboxylic acids is 1. The number of alkyl halides is 3. The molecule has 132 valence electrons. The monoisotopic (exact) mass is 351 g/mol. The zero-order valence-corrected chi connectivity index (χ0v) is 13.2. The Kier molecular flexibility index (Phi) is 4.89. The summed E-state index contributed by atoms with van der Waals surface area (Å²) in [6.45, 7) is 2.77. The van der Waals surface area contributed by atoms with Crippen LogP contribution in [0.3, 0.4) is 0 Å². The molecule has 8 heteroatoms. The highest BCUT2D eigenvalue weighted by atomic mass is 19.4. The van der Waals surface area contributed by atoms with Gasteiger partial charge in [-0.2, -0.15) is 13.2 Å². The van der Waals surface area contributed by atoms with Crippen molar-refractivity contribution in [3.05, 3.63) is 53.9 Å². The molecule has 0 spiro atoms. The van der Waals surface area contributed by atoms with E-state index in [4.69, 9.17) is 4.74 Å². The van der Waals surface area contributed by atoms with Gasteiger partial charge in [-0.05, 0) is 30.3 Å². The van der Waals surface area contributed by atoms with Gasteiger partial charge in [-0.3, -0.25) is 4.79 Å². The van der Waals surface area contributed by atoms with Crippen molar-refractivity contribution < 1.29 is 22.7 Å². The van der Waals surface area contributed by atoms with Crippen LogP contribution in [0.1, 0.15) is 16.1 Å². The van der Waals surface area contributed by atoms with Crippen LogP contribution in [0.5, 0.6) is 0 Å². The van der Waals surface area contributed by atoms with E-state index in [1.807, 2.05) is 0 Å². The Hall–Kier alpha value is -2.61. The third-order valence-electron chi connectivity index (χ3n) is 3.80. The number of carbonyl (C=O) groups is 1. The molecule has 1 aromatic carbocycles. The molecule has 1 fully saturated rings. The zero-order chi connectivity index (χ0) is 17.9. The molecule has 2 heterocycles. The van der Waals surface area contributed by atoms with Crippen LogP contribution in [0.15, 0.2) is 42.6 Å². The summed E-state index contributed by atoms with van der Waals surface area (Å²) in [4.78, 5) is 18.4. The number of benzene rings is 1. The maximum Gasteiger partial charge on any atom is 0.416 e. The molecule has 5 nitrogen and oxygen atoms in total. The Morgan fingerprint density at radius 3 is 2.56 bits per heavy atom. The number of nitrogens with one attached hydrogen (secondary N) is 1. The summed E-state index contributed by atoms with van der Waals surface area (Å²) in [6.07, 6.45) is -2.88. The molecule has 0 atom stereocenters. The highest BCUT2D eigenvalue weighted by Crippen LogP contribution is 2.30. The van der Waals surface area contributed by atoms with E-state index >= 15 is 0 Å². The number of rotatable bonds is 3. The SMILES string of the molecule is O=C(Nc1cccc(C(F)(F)F)c1)c1ccc(N2CCOCC2)cn1. The van der Waals surface area contributed by atoms with Crippen molar-refractivity contribution in [2.45, 2.75) is 6.18 Å². The van der Waals surface area contributed by atoms with Crippen LogP contribution in [-0.4, -0.2) is 37.2 Å². The van der Waals surface area contributed by atoms with E-state index in [1.165, 1.54) is 12.1 Å². The molecule has 1 aliphatic heterocycles. The van der Waals surface area contributed by atoms with E-state index < -0.39 is 17.6 Å². The maximum absolute atomic E-state index is 12.7. The summed E-state index contributed by atoms with van der Waals surface area (Å²) in [5.41, 5.74) is 0.258. The smallest absolute Gasteiger partial charge is 0.378 e. The number of hydrogen-bond acceptors (Lipinski definition) is 4. The van der Waals surface area contributed by atoms with Gasteiger partial charge in [0.2, 0.25) is 0 Å². The fraction of sp³-hybridized carbons (Fsp3) is 0.294. The van der Waals surface area contributed by atoms with Crippen molar-refractivity contribution in [1.29, 1.82) is 0 Å². The standard InChI is InChI=1S/C17H16F3N3O2/c18-17(19,20)12-2-1-3-13(10-12)22-16(24)15-5-4-14(11-21-15)23-6-8-25-9-7-23/h1-5,10-11H,6-9H2,(H,22,24). The average molecular weight is 351 g/mol. The number of nitrogens with zero attached hydrogens (tertiary/aromatic N) is 2. The van der Waals surface area contributed by atoms with Gasteiger partial charge < -0.3 is 15.0 Å². The quantitative estimate of drug-likeness (QED) is 0.923. The van der Waals surface area contributed by atoms with Crippen LogP contribution in [0.25, 0.3) is 0 Å². The second-order valence-electron chi connectivity index (χ2n) is 5.53. The number of ether oxygens (including phenoxy) is 1. The number of halogens is 3. The Bertz CT molecular complexity index is 742. The molecular formula is C17H16F3N3O2. The van der Waals surface area contributed by atoms with Gasteiger partial charge in [0.05, 0.1) is 30.7 Å². The second kappa shape index (κ2) is 7.10. The molecule has 1 aliphatic rings. The van der Waals surface area contributed by atoms with E-state index in [-0.39, 0.29) is 11.4 Å². The molecule has 1 N–H and O–H groups in total. The molecule has 0 bridgehead atoms. The fourth-order valence-electron chi connectivity index (χ4n) is 2.50. The van der Waals surface area contributed by atoms with E-state index in [0.29, 0.717) is 13.2 Å². The minimum atomic E-state index is -4.46. The normalized spacial score (nSPS) is 15.1. The van der Waals surface area contributed by atoms with Gasteiger partial charge in [-0.25, -0.2) is 4.98 Å². The molecule has 1 aromatic heterocycles. The fourth-order valence-corrected chi connectivity index (χ4v) is 2.50. The largest absolute Gasteiger partial charge is 0.416 e. The van der Waals surface area contributed by atoms with Gasteiger partial charge in [-0.1, -0.05) is 6.07 Å². The number of amides is 1. The van der Waals surface area contributed by atoms with Gasteiger partial charge in [0, 0.05) is 18.8 Å². The van der Waals surface area contributed by atoms with Crippen LogP contribution in [0.2, 0.25) is 0 Å². The molecule has 0 radical (unpaired) electrons. The van der Waals surface area contributed by atoms with Gasteiger partial charge >= 0.3 is 6.18 Å². The first kappa shape index (κ1) is 17.2. The molecule has 3 rings (SSSR count). The van der Waals surface area contributed by atoms with Crippen LogP contribution in [-0.2, 0) is 10.9 Å². The van der Waals surface area contributed by atoms with Crippen molar-refractivity contribution in [3.8, 4) is 0 Å². The van der Waals surface area contributed by atoms with E-state index in [1.54, 1.807) is 18.3 Å². The summed E-state index contributed by atoms with van der Waals surface area (Å²) in [6, 6.07) is 7.79. The molecule has 0 unspecified atom stereocenters. The lowest BCUT2D eigenvalue weighted by Gasteiger charge is -2.28. The topological polar surface area (TPSA) is 54.5 Å². The van der Waals surface area contributed by atoms with Crippen LogP contribution >= 0.6 is 0 Å². The van der Waals surface area contributed by atoms with Crippen molar-refractivity contribution in [2.75, 3.05) is 36.5 Å². The third kappa shape index (κ3) is 4.27. The van der Waals surface area contributed by atoms with Crippen LogP contribution < -0.4 is 10.2 Å². The summed E-state index contributed by atoms with van der Waals surface area (Å²) in [5, 5.41) is 2.43. The predicted octanol–water partition coefficient (Wildman–Crippen LogP) is 3.19. The maximum atomic E-state index is 12.7. The van der Waals surface area contributed by atoms with Crippen molar-refractivity contribution in [2.24, 2.45) is 0 Å². The van der Waals surface area contributed by atoms with Gasteiger partial charge in [0.1, 0.15) is 5.69 Å². The van der Waals surface area contributed by atoms with Gasteiger partial charge in [-0.15, -0.1) is 0 Å². The summed E-state index contributed by atoms with van der Waals surface area (Å²) in [7, 11) is 0. The molecule has 1 amide bonds. The second-order valence-corrected chi connectivity index (χ2v) is 5.53. The zero-order valence-electron chi connectivity index (χ0n) is 13.2. The van der Waals surface area contributed by atoms with Crippen molar-refractivity contribution >= 4 is 17.3 Å². The Morgan fingerprint density at radius 2 is 1.92 bits per heavy atom. The first-order valence-electron chi connectivity index (χ1n) is 7.71. The van der Waals surface area contributed by atoms with E-state index in [9.17, 15) is 18.0 Å². The first-order chi connectivity index (χ1) is 11.9. The summed E-state index contributed by atoms with van der Waals surface area (Å²) < 4.78 is 43.4. The van der Waals surface area contributed by atoms with Crippen molar-refractivity contribution in [3.63, 3.8) is 0 Å². The van der Waals surface area contributed by atoms with Crippen LogP contribution in [0, 0.1) is 0 Å². The minimum Gasteiger partial charge on any atom is -0.378 e. The molecule has 0 saturated carbocycles. The predicted molar refractivity (Wildman–Crippen MR) is 86.7 cm³/mol. The van der Waals surface area contributed by atoms with E-state index in [0.717, 1.165) is 30.9 Å². The Morgan fingerprint density at radius 1 is 1.16 bits per heavy atom. The summed E-state index contributed by atoms with van der Waals surface area (Å²) >= 11 is 0. The van der Waals surface area contributed by atoms with Crippen LogP contribution in [0.4, 0.5) is 24.5 Å². The minimum absolute atomic E-state index is 0.0684. The number of aromatic nitrogens is 1. The number of pyridine rings is 1. The molecule has 1 saturated heterocycles. The third-order valence-corrected chi connectivity index (χ3v) is 3.80. The highest BCUT2D eigenvalue weighted by Gasteiger charge is 2.30. The molecular weight excluding hydrogens is 335 g/mol. The van der Waals surface area contributed by atoms with Gasteiger partial charge in [0.15, 0.2) is 0 Å². The lowest BCUT2D eigenvalue weighted by Crippen LogP contribution is -2.36. The van der Waals surface area contributed by atoms with Crippen molar-refractivity contribution in [1.82, 2.24) is 4.98 Å². The molecule has 2 aromatic rings. The Labute approximate surface area is 142 Å². The average Bonchev–Trinajstić information content (AvgIpc) is 2.62. The first-order valence-corrected chi connectivity index (χ1v) is 7.71. The van der Waals surface area contributed by atoms with Gasteiger partial charge in [0.25, 0.3) is 5.91 Å². The highest BCUT2D eigenvalue weighted by molar-refractivity contribution is 6.03. The Balaban J connectivity index is 1.69.